The molecule has 0 aliphatic heterocycles. The van der Waals surface area contributed by atoms with Crippen LogP contribution in [0.2, 0.25) is 0 Å². The molecule has 2 aromatic carbocycles. The monoisotopic (exact) mass is 418 g/mol. The number of benzene rings is 2. The first kappa shape index (κ1) is 14.7. The lowest BCUT2D eigenvalue weighted by Crippen LogP contribution is -2.03. The Balaban J connectivity index is 2.36. The van der Waals surface area contributed by atoms with E-state index in [9.17, 15) is 8.78 Å². The zero-order valence-corrected chi connectivity index (χ0v) is 13.9. The second-order valence-corrected chi connectivity index (χ2v) is 6.20. The molecule has 3 rings (SSSR count). The average Bonchev–Trinajstić information content (AvgIpc) is 2.80. The van der Waals surface area contributed by atoms with Gasteiger partial charge in [-0.15, -0.1) is 11.6 Å². The van der Waals surface area contributed by atoms with Crippen LogP contribution in [-0.2, 0) is 5.88 Å². The first-order valence-electron chi connectivity index (χ1n) is 6.20. The summed E-state index contributed by atoms with van der Waals surface area (Å²) in [5, 5.41) is 0. The molecule has 6 heteroatoms. The van der Waals surface area contributed by atoms with Crippen LogP contribution in [0.4, 0.5) is 8.78 Å². The lowest BCUT2D eigenvalue weighted by atomic mass is 10.2. The molecule has 0 spiro atoms. The van der Waals surface area contributed by atoms with Crippen LogP contribution in [0.15, 0.2) is 30.3 Å². The van der Waals surface area contributed by atoms with Crippen LogP contribution < -0.4 is 0 Å². The van der Waals surface area contributed by atoms with Crippen LogP contribution in [0.3, 0.4) is 0 Å². The molecule has 0 saturated heterocycles. The van der Waals surface area contributed by atoms with Gasteiger partial charge in [0, 0.05) is 9.64 Å². The molecule has 0 atom stereocenters. The van der Waals surface area contributed by atoms with Crippen molar-refractivity contribution in [1.82, 2.24) is 9.55 Å². The summed E-state index contributed by atoms with van der Waals surface area (Å²) in [5.41, 5.74) is 1.80. The largest absolute Gasteiger partial charge is 0.292 e. The lowest BCUT2D eigenvalue weighted by molar-refractivity contribution is 0.585. The van der Waals surface area contributed by atoms with Gasteiger partial charge < -0.3 is 0 Å². The Bertz CT molecular complexity index is 845. The minimum atomic E-state index is -0.502. The number of rotatable bonds is 2. The second-order valence-electron chi connectivity index (χ2n) is 4.68. The van der Waals surface area contributed by atoms with Gasteiger partial charge in [-0.1, -0.05) is 0 Å². The highest BCUT2D eigenvalue weighted by atomic mass is 127. The van der Waals surface area contributed by atoms with Gasteiger partial charge in [0.05, 0.1) is 22.6 Å². The van der Waals surface area contributed by atoms with E-state index < -0.39 is 11.6 Å². The third kappa shape index (κ3) is 2.53. The fourth-order valence-electron chi connectivity index (χ4n) is 2.27. The summed E-state index contributed by atoms with van der Waals surface area (Å²) < 4.78 is 30.7. The molecule has 2 nitrogen and oxygen atoms in total. The van der Waals surface area contributed by atoms with E-state index in [-0.39, 0.29) is 17.1 Å². The maximum atomic E-state index is 14.3. The minimum absolute atomic E-state index is 0.111. The summed E-state index contributed by atoms with van der Waals surface area (Å²) >= 11 is 8.09. The van der Waals surface area contributed by atoms with Gasteiger partial charge in [-0.2, -0.15) is 0 Å². The van der Waals surface area contributed by atoms with E-state index in [0.717, 1.165) is 3.57 Å². The first-order chi connectivity index (χ1) is 10.0. The van der Waals surface area contributed by atoms with Crippen LogP contribution >= 0.6 is 34.2 Å². The highest BCUT2D eigenvalue weighted by Gasteiger charge is 2.16. The topological polar surface area (TPSA) is 17.8 Å². The van der Waals surface area contributed by atoms with Crippen molar-refractivity contribution in [2.75, 3.05) is 0 Å². The van der Waals surface area contributed by atoms with Gasteiger partial charge in [0.1, 0.15) is 17.5 Å². The predicted octanol–water partition coefficient (Wildman–Crippen LogP) is 4.96. The van der Waals surface area contributed by atoms with E-state index in [0.29, 0.717) is 16.9 Å². The molecule has 0 aliphatic rings. The molecule has 1 heterocycles. The number of aromatic nitrogens is 2. The van der Waals surface area contributed by atoms with Crippen LogP contribution in [0.25, 0.3) is 16.7 Å². The molecule has 0 bridgehead atoms. The maximum Gasteiger partial charge on any atom is 0.147 e. The molecular formula is C15H10ClF2IN2. The number of nitrogens with zero attached hydrogens (tertiary/aromatic N) is 2. The highest BCUT2D eigenvalue weighted by molar-refractivity contribution is 14.1. The summed E-state index contributed by atoms with van der Waals surface area (Å²) in [7, 11) is 0. The van der Waals surface area contributed by atoms with E-state index in [1.54, 1.807) is 4.57 Å². The maximum absolute atomic E-state index is 14.3. The summed E-state index contributed by atoms with van der Waals surface area (Å²) in [4.78, 5) is 4.40. The number of hydrogen-bond donors (Lipinski definition) is 0. The van der Waals surface area contributed by atoms with Gasteiger partial charge in [-0.3, -0.25) is 4.57 Å². The molecule has 0 fully saturated rings. The first-order valence-corrected chi connectivity index (χ1v) is 7.81. The van der Waals surface area contributed by atoms with Crippen molar-refractivity contribution in [2.45, 2.75) is 12.8 Å². The number of imidazole rings is 1. The third-order valence-corrected chi connectivity index (χ3v) is 4.18. The fourth-order valence-corrected chi connectivity index (χ4v) is 2.92. The van der Waals surface area contributed by atoms with E-state index in [4.69, 9.17) is 11.6 Å². The molecule has 0 saturated carbocycles. The van der Waals surface area contributed by atoms with E-state index in [2.05, 4.69) is 27.6 Å². The van der Waals surface area contributed by atoms with E-state index in [1.165, 1.54) is 19.1 Å². The van der Waals surface area contributed by atoms with Crippen molar-refractivity contribution in [3.63, 3.8) is 0 Å². The Hall–Kier alpha value is -1.21. The number of fused-ring (bicyclic) bond motifs is 1. The highest BCUT2D eigenvalue weighted by Crippen LogP contribution is 2.27. The number of alkyl halides is 1. The molecule has 0 radical (unpaired) electrons. The minimum Gasteiger partial charge on any atom is -0.292 e. The van der Waals surface area contributed by atoms with Crippen molar-refractivity contribution in [3.05, 3.63) is 56.9 Å². The smallest absolute Gasteiger partial charge is 0.147 e. The average molecular weight is 419 g/mol. The molecule has 0 unspecified atom stereocenters. The van der Waals surface area contributed by atoms with Crippen LogP contribution in [0.1, 0.15) is 11.4 Å². The zero-order valence-electron chi connectivity index (χ0n) is 11.0. The van der Waals surface area contributed by atoms with Crippen LogP contribution in [0, 0.1) is 22.1 Å². The molecule has 21 heavy (non-hydrogen) atoms. The van der Waals surface area contributed by atoms with Crippen molar-refractivity contribution in [3.8, 4) is 5.69 Å². The van der Waals surface area contributed by atoms with Gasteiger partial charge in [0.25, 0.3) is 0 Å². The Morgan fingerprint density at radius 2 is 1.95 bits per heavy atom. The van der Waals surface area contributed by atoms with Crippen molar-refractivity contribution < 1.29 is 8.78 Å². The predicted molar refractivity (Wildman–Crippen MR) is 88.0 cm³/mol. The van der Waals surface area contributed by atoms with Crippen molar-refractivity contribution in [1.29, 1.82) is 0 Å². The van der Waals surface area contributed by atoms with E-state index in [1.807, 2.05) is 18.2 Å². The number of hydrogen-bond acceptors (Lipinski definition) is 1. The summed E-state index contributed by atoms with van der Waals surface area (Å²) in [5.74, 6) is -0.367. The Morgan fingerprint density at radius 3 is 2.67 bits per heavy atom. The van der Waals surface area contributed by atoms with Gasteiger partial charge in [0.15, 0.2) is 0 Å². The lowest BCUT2D eigenvalue weighted by Gasteiger charge is -2.10. The van der Waals surface area contributed by atoms with Crippen molar-refractivity contribution in [2.24, 2.45) is 0 Å². The third-order valence-electron chi connectivity index (χ3n) is 3.27. The Morgan fingerprint density at radius 1 is 1.19 bits per heavy atom. The summed E-state index contributed by atoms with van der Waals surface area (Å²) in [6.45, 7) is 1.53. The second kappa shape index (κ2) is 5.53. The Kier molecular flexibility index (Phi) is 3.88. The molecule has 0 aliphatic carbocycles. The SMILES string of the molecule is Cc1cc(F)c(-n2c(CCl)nc3cc(I)ccc32)cc1F. The zero-order chi connectivity index (χ0) is 15.1. The molecular weight excluding hydrogens is 409 g/mol. The standard InChI is InChI=1S/C15H10ClF2IN2/c1-8-4-11(18)14(6-10(8)17)21-13-3-2-9(19)5-12(13)20-15(21)7-16/h2-6H,7H2,1H3. The van der Waals surface area contributed by atoms with Crippen LogP contribution in [-0.4, -0.2) is 9.55 Å². The van der Waals surface area contributed by atoms with Crippen molar-refractivity contribution >= 4 is 45.2 Å². The van der Waals surface area contributed by atoms with Crippen LogP contribution in [0.5, 0.6) is 0 Å². The van der Waals surface area contributed by atoms with Gasteiger partial charge in [-0.05, 0) is 59.3 Å². The van der Waals surface area contributed by atoms with Gasteiger partial charge >= 0.3 is 0 Å². The normalized spacial score (nSPS) is 11.3. The number of aryl methyl sites for hydroxylation is 1. The van der Waals surface area contributed by atoms with E-state index >= 15 is 0 Å². The molecule has 3 aromatic rings. The fraction of sp³-hybridized carbons (Fsp3) is 0.133. The molecule has 108 valence electrons. The summed E-state index contributed by atoms with van der Waals surface area (Å²) in [6.07, 6.45) is 0. The molecule has 0 N–H and O–H groups in total. The summed E-state index contributed by atoms with van der Waals surface area (Å²) in [6, 6.07) is 7.96. The van der Waals surface area contributed by atoms with Gasteiger partial charge in [0.2, 0.25) is 0 Å². The molecule has 1 aromatic heterocycles. The van der Waals surface area contributed by atoms with Gasteiger partial charge in [-0.25, -0.2) is 13.8 Å². The number of halogens is 4. The molecule has 0 amide bonds. The Labute approximate surface area is 138 Å². The quantitative estimate of drug-likeness (QED) is 0.425.